The zero-order valence-electron chi connectivity index (χ0n) is 26.5. The van der Waals surface area contributed by atoms with Gasteiger partial charge in [-0.3, -0.25) is 4.79 Å². The summed E-state index contributed by atoms with van der Waals surface area (Å²) >= 11 is 0. The summed E-state index contributed by atoms with van der Waals surface area (Å²) in [6, 6.07) is 13.7. The molecule has 1 saturated heterocycles. The molecule has 4 aromatic rings. The van der Waals surface area contributed by atoms with Gasteiger partial charge in [0.1, 0.15) is 23.0 Å². The van der Waals surface area contributed by atoms with Crippen molar-refractivity contribution in [3.8, 4) is 11.3 Å². The number of sulfonamides is 1. The standard InChI is InChI=1S/C34H37BF2N2O6S/c1-33(2)19-34(3,4)45-35(44-33)27-13-6-20(14-28(27)37)17-39(46(5,41)42)18-23-15-29-26(16-25(23)21-7-8-21)30(32(38)40)31(43-29)22-9-11-24(36)12-10-22/h6,9-16,21H,7-8,17-19H2,1-5H3,(H2,38,40). The predicted molar refractivity (Wildman–Crippen MR) is 173 cm³/mol. The summed E-state index contributed by atoms with van der Waals surface area (Å²) in [7, 11) is -4.65. The van der Waals surface area contributed by atoms with Gasteiger partial charge in [0.05, 0.1) is 23.0 Å². The largest absolute Gasteiger partial charge is 0.497 e. The molecule has 2 N–H and O–H groups in total. The van der Waals surface area contributed by atoms with Gasteiger partial charge in [-0.05, 0) is 106 Å². The number of amides is 1. The molecule has 46 heavy (non-hydrogen) atoms. The van der Waals surface area contributed by atoms with Crippen molar-refractivity contribution in [3.63, 3.8) is 0 Å². The maximum Gasteiger partial charge on any atom is 0.497 e. The molecule has 12 heteroatoms. The minimum Gasteiger partial charge on any atom is -0.455 e. The van der Waals surface area contributed by atoms with E-state index in [4.69, 9.17) is 19.5 Å². The quantitative estimate of drug-likeness (QED) is 0.222. The Labute approximate surface area is 268 Å². The van der Waals surface area contributed by atoms with Gasteiger partial charge in [0, 0.05) is 35.9 Å². The molecule has 1 aliphatic heterocycles. The van der Waals surface area contributed by atoms with Crippen LogP contribution in [0.1, 0.15) is 79.9 Å². The Morgan fingerprint density at radius 3 is 2.20 bits per heavy atom. The number of nitrogens with two attached hydrogens (primary N) is 1. The van der Waals surface area contributed by atoms with Crippen LogP contribution < -0.4 is 11.2 Å². The molecule has 2 aliphatic rings. The molecule has 1 amide bonds. The van der Waals surface area contributed by atoms with Gasteiger partial charge in [0.25, 0.3) is 5.91 Å². The maximum absolute atomic E-state index is 15.5. The van der Waals surface area contributed by atoms with E-state index in [1.807, 2.05) is 33.8 Å². The number of benzene rings is 3. The highest BCUT2D eigenvalue weighted by Crippen LogP contribution is 2.45. The molecule has 0 atom stereocenters. The van der Waals surface area contributed by atoms with Crippen molar-refractivity contribution < 1.29 is 35.7 Å². The normalized spacial score (nSPS) is 18.0. The molecule has 1 aromatic heterocycles. The molecule has 0 spiro atoms. The second-order valence-electron chi connectivity index (χ2n) is 13.6. The molecule has 6 rings (SSSR count). The monoisotopic (exact) mass is 650 g/mol. The van der Waals surface area contributed by atoms with Gasteiger partial charge in [0.2, 0.25) is 10.0 Å². The Balaban J connectivity index is 1.33. The third-order valence-electron chi connectivity index (χ3n) is 8.52. The highest BCUT2D eigenvalue weighted by molar-refractivity contribution is 7.88. The molecule has 3 aromatic carbocycles. The molecule has 242 valence electrons. The Morgan fingerprint density at radius 1 is 0.978 bits per heavy atom. The van der Waals surface area contributed by atoms with Crippen LogP contribution in [0.2, 0.25) is 0 Å². The number of halogens is 2. The molecule has 0 bridgehead atoms. The number of carbonyl (C=O) groups excluding carboxylic acids is 1. The van der Waals surface area contributed by atoms with Crippen molar-refractivity contribution >= 4 is 39.5 Å². The number of hydrogen-bond acceptors (Lipinski definition) is 6. The summed E-state index contributed by atoms with van der Waals surface area (Å²) in [4.78, 5) is 12.6. The number of nitrogens with zero attached hydrogens (tertiary/aromatic N) is 1. The van der Waals surface area contributed by atoms with E-state index in [1.165, 1.54) is 34.6 Å². The average molecular weight is 651 g/mol. The number of primary amides is 1. The van der Waals surface area contributed by atoms with E-state index in [0.717, 1.165) is 24.7 Å². The van der Waals surface area contributed by atoms with Crippen molar-refractivity contribution in [3.05, 3.63) is 88.5 Å². The summed E-state index contributed by atoms with van der Waals surface area (Å²) in [5, 5.41) is 0.513. The van der Waals surface area contributed by atoms with E-state index < -0.39 is 45.9 Å². The lowest BCUT2D eigenvalue weighted by molar-refractivity contribution is -0.0718. The van der Waals surface area contributed by atoms with Crippen molar-refractivity contribution in [2.45, 2.75) is 77.2 Å². The Hall–Kier alpha value is -3.58. The van der Waals surface area contributed by atoms with Gasteiger partial charge in [0.15, 0.2) is 0 Å². The van der Waals surface area contributed by atoms with E-state index in [-0.39, 0.29) is 35.8 Å². The Morgan fingerprint density at radius 2 is 1.63 bits per heavy atom. The highest BCUT2D eigenvalue weighted by Gasteiger charge is 2.44. The summed E-state index contributed by atoms with van der Waals surface area (Å²) in [6.07, 6.45) is 3.59. The second-order valence-corrected chi connectivity index (χ2v) is 15.6. The number of carbonyl (C=O) groups is 1. The van der Waals surface area contributed by atoms with E-state index >= 15 is 4.39 Å². The van der Waals surface area contributed by atoms with Crippen LogP contribution in [0.15, 0.2) is 59.0 Å². The number of fused-ring (bicyclic) bond motifs is 1. The second kappa shape index (κ2) is 11.6. The first-order chi connectivity index (χ1) is 21.5. The molecule has 0 radical (unpaired) electrons. The minimum atomic E-state index is -3.75. The van der Waals surface area contributed by atoms with Gasteiger partial charge < -0.3 is 19.5 Å². The van der Waals surface area contributed by atoms with Crippen LogP contribution in [0.25, 0.3) is 22.3 Å². The van der Waals surface area contributed by atoms with E-state index in [1.54, 1.807) is 18.2 Å². The van der Waals surface area contributed by atoms with Crippen molar-refractivity contribution in [2.24, 2.45) is 5.73 Å². The Bertz CT molecular complexity index is 1920. The topological polar surface area (TPSA) is 112 Å². The van der Waals surface area contributed by atoms with E-state index in [2.05, 4.69) is 0 Å². The first kappa shape index (κ1) is 32.4. The number of hydrogen-bond donors (Lipinski definition) is 1. The SMILES string of the molecule is CC1(C)CC(C)(C)OB(c2ccc(CN(Cc3cc4oc(-c5ccc(F)cc5)c(C(N)=O)c4cc3C3CC3)S(C)(=O)=O)cc2F)O1. The summed E-state index contributed by atoms with van der Waals surface area (Å²) in [5.41, 5.74) is 8.09. The zero-order chi connectivity index (χ0) is 33.2. The average Bonchev–Trinajstić information content (AvgIpc) is 3.70. The lowest BCUT2D eigenvalue weighted by Crippen LogP contribution is -2.56. The van der Waals surface area contributed by atoms with E-state index in [0.29, 0.717) is 34.1 Å². The van der Waals surface area contributed by atoms with Crippen LogP contribution in [-0.4, -0.2) is 43.2 Å². The van der Waals surface area contributed by atoms with Crippen molar-refractivity contribution in [1.82, 2.24) is 4.31 Å². The Kier molecular flexibility index (Phi) is 8.16. The lowest BCUT2D eigenvalue weighted by atomic mass is 9.72. The minimum absolute atomic E-state index is 0.000308. The van der Waals surface area contributed by atoms with Gasteiger partial charge >= 0.3 is 7.12 Å². The molecule has 8 nitrogen and oxygen atoms in total. The van der Waals surface area contributed by atoms with Crippen LogP contribution in [0.5, 0.6) is 0 Å². The lowest BCUT2D eigenvalue weighted by Gasteiger charge is -2.44. The first-order valence-corrected chi connectivity index (χ1v) is 17.1. The molecule has 1 saturated carbocycles. The third kappa shape index (κ3) is 6.76. The fourth-order valence-corrected chi connectivity index (χ4v) is 7.30. The smallest absolute Gasteiger partial charge is 0.455 e. The molecule has 2 fully saturated rings. The zero-order valence-corrected chi connectivity index (χ0v) is 27.3. The van der Waals surface area contributed by atoms with Crippen LogP contribution in [0.3, 0.4) is 0 Å². The summed E-state index contributed by atoms with van der Waals surface area (Å²) < 4.78 is 74.8. The fourth-order valence-electron chi connectivity index (χ4n) is 6.55. The molecule has 2 heterocycles. The third-order valence-corrected chi connectivity index (χ3v) is 9.71. The first-order valence-electron chi connectivity index (χ1n) is 15.2. The molecule has 0 unspecified atom stereocenters. The van der Waals surface area contributed by atoms with Gasteiger partial charge in [-0.2, -0.15) is 4.31 Å². The fraction of sp³-hybridized carbons (Fsp3) is 0.382. The number of rotatable bonds is 9. The molecule has 1 aliphatic carbocycles. The van der Waals surface area contributed by atoms with Crippen molar-refractivity contribution in [2.75, 3.05) is 6.26 Å². The van der Waals surface area contributed by atoms with E-state index in [9.17, 15) is 17.6 Å². The molecular formula is C34H37BF2N2O6S. The van der Waals surface area contributed by atoms with Crippen LogP contribution >= 0.6 is 0 Å². The van der Waals surface area contributed by atoms with Gasteiger partial charge in [-0.1, -0.05) is 12.1 Å². The number of furan rings is 1. The van der Waals surface area contributed by atoms with Crippen LogP contribution in [-0.2, 0) is 32.4 Å². The van der Waals surface area contributed by atoms with Crippen LogP contribution in [0, 0.1) is 11.6 Å². The van der Waals surface area contributed by atoms with Gasteiger partial charge in [-0.15, -0.1) is 0 Å². The van der Waals surface area contributed by atoms with Crippen molar-refractivity contribution in [1.29, 1.82) is 0 Å². The predicted octanol–water partition coefficient (Wildman–Crippen LogP) is 6.01. The highest BCUT2D eigenvalue weighted by atomic mass is 32.2. The summed E-state index contributed by atoms with van der Waals surface area (Å²) in [6.45, 7) is 7.68. The molecular weight excluding hydrogens is 613 g/mol. The maximum atomic E-state index is 15.5. The van der Waals surface area contributed by atoms with Crippen LogP contribution in [0.4, 0.5) is 8.78 Å². The van der Waals surface area contributed by atoms with Gasteiger partial charge in [-0.25, -0.2) is 17.2 Å². The summed E-state index contributed by atoms with van der Waals surface area (Å²) in [5.74, 6) is -1.27.